The fourth-order valence-electron chi connectivity index (χ4n) is 3.31. The quantitative estimate of drug-likeness (QED) is 0.778. The number of benzene rings is 1. The molecule has 0 N–H and O–H groups in total. The van der Waals surface area contributed by atoms with E-state index >= 15 is 0 Å². The average molecular weight is 287 g/mol. The molecule has 0 bridgehead atoms. The molecule has 116 valence electrons. The van der Waals surface area contributed by atoms with Crippen molar-refractivity contribution in [2.45, 2.75) is 59.0 Å². The average Bonchev–Trinajstić information content (AvgIpc) is 2.49. The van der Waals surface area contributed by atoms with Crippen LogP contribution in [0.4, 0.5) is 0 Å². The van der Waals surface area contributed by atoms with Gasteiger partial charge in [-0.1, -0.05) is 43.7 Å². The van der Waals surface area contributed by atoms with Crippen molar-refractivity contribution < 1.29 is 4.79 Å². The van der Waals surface area contributed by atoms with E-state index < -0.39 is 0 Å². The molecule has 1 aliphatic carbocycles. The lowest BCUT2D eigenvalue weighted by atomic mass is 9.79. The number of carbonyl (C=O) groups is 1. The van der Waals surface area contributed by atoms with E-state index in [4.69, 9.17) is 0 Å². The fourth-order valence-corrected chi connectivity index (χ4v) is 3.31. The van der Waals surface area contributed by atoms with Crippen LogP contribution in [-0.4, -0.2) is 23.3 Å². The third-order valence-electron chi connectivity index (χ3n) is 4.86. The molecule has 2 unspecified atom stereocenters. The number of hydrogen-bond donors (Lipinski definition) is 0. The minimum absolute atomic E-state index is 0.245. The minimum Gasteiger partial charge on any atom is -0.299 e. The second-order valence-electron chi connectivity index (χ2n) is 6.72. The molecule has 2 atom stereocenters. The summed E-state index contributed by atoms with van der Waals surface area (Å²) in [6, 6.07) is 11.1. The molecule has 1 aromatic carbocycles. The summed E-state index contributed by atoms with van der Waals surface area (Å²) in [5.74, 6) is 1.48. The number of ketones is 1. The van der Waals surface area contributed by atoms with Gasteiger partial charge in [-0.2, -0.15) is 0 Å². The maximum atomic E-state index is 12.2. The fraction of sp³-hybridized carbons (Fsp3) is 0.632. The van der Waals surface area contributed by atoms with E-state index in [0.717, 1.165) is 38.3 Å². The van der Waals surface area contributed by atoms with Gasteiger partial charge < -0.3 is 0 Å². The van der Waals surface area contributed by atoms with E-state index in [-0.39, 0.29) is 5.92 Å². The van der Waals surface area contributed by atoms with E-state index in [0.29, 0.717) is 11.8 Å². The van der Waals surface area contributed by atoms with Gasteiger partial charge in [-0.05, 0) is 38.2 Å². The molecule has 0 spiro atoms. The molecule has 0 saturated heterocycles. The van der Waals surface area contributed by atoms with Crippen LogP contribution in [0, 0.1) is 11.8 Å². The Hall–Kier alpha value is -1.15. The SMILES string of the molecule is CCC1CCC(=O)C(CN(Cc2ccccc2)C(C)C)C1. The van der Waals surface area contributed by atoms with Crippen LogP contribution in [0.25, 0.3) is 0 Å². The van der Waals surface area contributed by atoms with Crippen molar-refractivity contribution in [3.05, 3.63) is 35.9 Å². The molecule has 1 aliphatic rings. The van der Waals surface area contributed by atoms with Gasteiger partial charge in [0.25, 0.3) is 0 Å². The van der Waals surface area contributed by atoms with Crippen molar-refractivity contribution in [2.24, 2.45) is 11.8 Å². The topological polar surface area (TPSA) is 20.3 Å². The Morgan fingerprint density at radius 3 is 2.57 bits per heavy atom. The van der Waals surface area contributed by atoms with Crippen LogP contribution in [0.2, 0.25) is 0 Å². The third kappa shape index (κ3) is 4.67. The van der Waals surface area contributed by atoms with Crippen molar-refractivity contribution >= 4 is 5.78 Å². The van der Waals surface area contributed by atoms with Gasteiger partial charge in [-0.25, -0.2) is 0 Å². The summed E-state index contributed by atoms with van der Waals surface area (Å²) < 4.78 is 0. The van der Waals surface area contributed by atoms with Gasteiger partial charge in [-0.3, -0.25) is 9.69 Å². The Kier molecular flexibility index (Phi) is 5.98. The number of hydrogen-bond acceptors (Lipinski definition) is 2. The summed E-state index contributed by atoms with van der Waals surface area (Å²) in [7, 11) is 0. The molecular formula is C19H29NO. The van der Waals surface area contributed by atoms with E-state index in [1.807, 2.05) is 0 Å². The molecule has 1 saturated carbocycles. The zero-order chi connectivity index (χ0) is 15.2. The van der Waals surface area contributed by atoms with Crippen molar-refractivity contribution in [2.75, 3.05) is 6.54 Å². The maximum Gasteiger partial charge on any atom is 0.137 e. The van der Waals surface area contributed by atoms with Gasteiger partial charge in [0.1, 0.15) is 5.78 Å². The highest BCUT2D eigenvalue weighted by molar-refractivity contribution is 5.81. The summed E-state index contributed by atoms with van der Waals surface area (Å²) >= 11 is 0. The zero-order valence-electron chi connectivity index (χ0n) is 13.7. The predicted molar refractivity (Wildman–Crippen MR) is 88.1 cm³/mol. The Balaban J connectivity index is 2.00. The number of rotatable bonds is 6. The molecule has 0 heterocycles. The largest absolute Gasteiger partial charge is 0.299 e. The first-order chi connectivity index (χ1) is 10.1. The van der Waals surface area contributed by atoms with Crippen molar-refractivity contribution in [3.8, 4) is 0 Å². The van der Waals surface area contributed by atoms with Gasteiger partial charge in [0.2, 0.25) is 0 Å². The van der Waals surface area contributed by atoms with Crippen LogP contribution in [0.3, 0.4) is 0 Å². The molecule has 0 aromatic heterocycles. The van der Waals surface area contributed by atoms with Crippen molar-refractivity contribution in [1.29, 1.82) is 0 Å². The first-order valence-corrected chi connectivity index (χ1v) is 8.40. The number of carbonyl (C=O) groups excluding carboxylic acids is 1. The van der Waals surface area contributed by atoms with Gasteiger partial charge >= 0.3 is 0 Å². The molecule has 21 heavy (non-hydrogen) atoms. The standard InChI is InChI=1S/C19H29NO/c1-4-16-10-11-19(21)18(12-16)14-20(15(2)3)13-17-8-6-5-7-9-17/h5-9,15-16,18H,4,10-14H2,1-3H3. The van der Waals surface area contributed by atoms with E-state index in [9.17, 15) is 4.79 Å². The summed E-state index contributed by atoms with van der Waals surface area (Å²) in [4.78, 5) is 14.7. The Morgan fingerprint density at radius 2 is 1.95 bits per heavy atom. The van der Waals surface area contributed by atoms with Crippen LogP contribution in [0.1, 0.15) is 52.0 Å². The highest BCUT2D eigenvalue weighted by Crippen LogP contribution is 2.29. The van der Waals surface area contributed by atoms with Gasteiger partial charge in [0.05, 0.1) is 0 Å². The van der Waals surface area contributed by atoms with E-state index in [2.05, 4.69) is 56.0 Å². The second kappa shape index (κ2) is 7.74. The minimum atomic E-state index is 0.245. The van der Waals surface area contributed by atoms with Crippen LogP contribution in [0.5, 0.6) is 0 Å². The van der Waals surface area contributed by atoms with E-state index in [1.165, 1.54) is 12.0 Å². The molecule has 0 amide bonds. The van der Waals surface area contributed by atoms with Crippen LogP contribution < -0.4 is 0 Å². The normalized spacial score (nSPS) is 23.0. The Bertz CT molecular complexity index is 440. The van der Waals surface area contributed by atoms with Crippen molar-refractivity contribution in [3.63, 3.8) is 0 Å². The smallest absolute Gasteiger partial charge is 0.137 e. The summed E-state index contributed by atoms with van der Waals surface area (Å²) in [6.07, 6.45) is 4.20. The van der Waals surface area contributed by atoms with Crippen molar-refractivity contribution in [1.82, 2.24) is 4.90 Å². The molecular weight excluding hydrogens is 258 g/mol. The monoisotopic (exact) mass is 287 g/mol. The first-order valence-electron chi connectivity index (χ1n) is 8.40. The lowest BCUT2D eigenvalue weighted by Crippen LogP contribution is -2.39. The molecule has 1 aromatic rings. The van der Waals surface area contributed by atoms with Crippen LogP contribution in [-0.2, 0) is 11.3 Å². The molecule has 1 fully saturated rings. The Morgan fingerprint density at radius 1 is 1.24 bits per heavy atom. The highest BCUT2D eigenvalue weighted by Gasteiger charge is 2.29. The van der Waals surface area contributed by atoms with Gasteiger partial charge in [-0.15, -0.1) is 0 Å². The molecule has 0 aliphatic heterocycles. The highest BCUT2D eigenvalue weighted by atomic mass is 16.1. The third-order valence-corrected chi connectivity index (χ3v) is 4.86. The van der Waals surface area contributed by atoms with Gasteiger partial charge in [0, 0.05) is 31.5 Å². The molecule has 2 heteroatoms. The first kappa shape index (κ1) is 16.2. The van der Waals surface area contributed by atoms with Crippen LogP contribution >= 0.6 is 0 Å². The maximum absolute atomic E-state index is 12.2. The van der Waals surface area contributed by atoms with Crippen LogP contribution in [0.15, 0.2) is 30.3 Å². The Labute approximate surface area is 129 Å². The summed E-state index contributed by atoms with van der Waals surface area (Å²) in [5, 5.41) is 0. The second-order valence-corrected chi connectivity index (χ2v) is 6.72. The zero-order valence-corrected chi connectivity index (χ0v) is 13.7. The summed E-state index contributed by atoms with van der Waals surface area (Å²) in [6.45, 7) is 8.57. The molecule has 2 nitrogen and oxygen atoms in total. The predicted octanol–water partition coefficient (Wildman–Crippen LogP) is 4.29. The summed E-state index contributed by atoms with van der Waals surface area (Å²) in [5.41, 5.74) is 1.33. The number of Topliss-reactive ketones (excluding diaryl/α,β-unsaturated/α-hetero) is 1. The molecule has 2 rings (SSSR count). The number of nitrogens with zero attached hydrogens (tertiary/aromatic N) is 1. The van der Waals surface area contributed by atoms with E-state index in [1.54, 1.807) is 0 Å². The lowest BCUT2D eigenvalue weighted by Gasteiger charge is -2.34. The molecule has 0 radical (unpaired) electrons. The van der Waals surface area contributed by atoms with Gasteiger partial charge in [0.15, 0.2) is 0 Å². The lowest BCUT2D eigenvalue weighted by molar-refractivity contribution is -0.126.